The molecule has 56 valence electrons. The fraction of sp³-hybridized carbons (Fsp3) is 0.429. The number of hydrogen-bond acceptors (Lipinski definition) is 3. The Hall–Kier alpha value is -0.380. The van der Waals surface area contributed by atoms with Crippen LogP contribution in [0.3, 0.4) is 0 Å². The molecule has 0 aromatic carbocycles. The average molecular weight is 157 g/mol. The van der Waals surface area contributed by atoms with Crippen molar-refractivity contribution in [2.24, 2.45) is 0 Å². The van der Waals surface area contributed by atoms with Gasteiger partial charge in [0.15, 0.2) is 0 Å². The molecule has 0 aliphatic rings. The van der Waals surface area contributed by atoms with Crippen molar-refractivity contribution < 1.29 is 5.21 Å². The zero-order valence-electron chi connectivity index (χ0n) is 6.16. The zero-order valence-corrected chi connectivity index (χ0v) is 6.98. The van der Waals surface area contributed by atoms with Crippen LogP contribution in [-0.2, 0) is 6.54 Å². The van der Waals surface area contributed by atoms with Crippen molar-refractivity contribution in [2.75, 3.05) is 7.05 Å². The van der Waals surface area contributed by atoms with E-state index >= 15 is 0 Å². The van der Waals surface area contributed by atoms with Gasteiger partial charge in [0.1, 0.15) is 0 Å². The van der Waals surface area contributed by atoms with E-state index in [-0.39, 0.29) is 0 Å². The summed E-state index contributed by atoms with van der Waals surface area (Å²) in [5.41, 5.74) is 0. The van der Waals surface area contributed by atoms with Gasteiger partial charge in [0, 0.05) is 16.8 Å². The van der Waals surface area contributed by atoms with Crippen molar-refractivity contribution in [3.8, 4) is 0 Å². The lowest BCUT2D eigenvalue weighted by atomic mass is 10.4. The molecule has 0 aliphatic heterocycles. The van der Waals surface area contributed by atoms with Gasteiger partial charge in [-0.2, -0.15) is 5.06 Å². The average Bonchev–Trinajstić information content (AvgIpc) is 2.13. The Kier molecular flexibility index (Phi) is 2.43. The number of aryl methyl sites for hydroxylation is 1. The van der Waals surface area contributed by atoms with E-state index in [1.54, 1.807) is 18.4 Å². The molecule has 3 heteroatoms. The minimum absolute atomic E-state index is 0.624. The number of nitrogens with zero attached hydrogens (tertiary/aromatic N) is 1. The Bertz CT molecular complexity index is 207. The topological polar surface area (TPSA) is 23.5 Å². The molecule has 1 heterocycles. The Morgan fingerprint density at radius 2 is 2.30 bits per heavy atom. The summed E-state index contributed by atoms with van der Waals surface area (Å²) in [5, 5.41) is 10.0. The second kappa shape index (κ2) is 3.14. The molecule has 0 aliphatic carbocycles. The minimum atomic E-state index is 0.624. The molecule has 0 saturated carbocycles. The third-order valence-electron chi connectivity index (χ3n) is 1.18. The van der Waals surface area contributed by atoms with Crippen molar-refractivity contribution in [3.63, 3.8) is 0 Å². The lowest BCUT2D eigenvalue weighted by molar-refractivity contribution is -0.0723. The molecule has 0 saturated heterocycles. The number of thiophene rings is 1. The summed E-state index contributed by atoms with van der Waals surface area (Å²) in [5.74, 6) is 0. The normalized spacial score (nSPS) is 10.8. The molecule has 0 radical (unpaired) electrons. The highest BCUT2D eigenvalue weighted by Gasteiger charge is 1.97. The van der Waals surface area contributed by atoms with E-state index in [2.05, 4.69) is 13.0 Å². The van der Waals surface area contributed by atoms with E-state index in [1.165, 1.54) is 14.8 Å². The SMILES string of the molecule is Cc1ccc(CN(C)O)s1. The molecule has 1 rings (SSSR count). The van der Waals surface area contributed by atoms with Crippen LogP contribution in [0, 0.1) is 6.92 Å². The van der Waals surface area contributed by atoms with E-state index in [0.717, 1.165) is 0 Å². The van der Waals surface area contributed by atoms with E-state index in [4.69, 9.17) is 5.21 Å². The van der Waals surface area contributed by atoms with Crippen molar-refractivity contribution >= 4 is 11.3 Å². The van der Waals surface area contributed by atoms with Gasteiger partial charge >= 0.3 is 0 Å². The molecule has 1 aromatic rings. The largest absolute Gasteiger partial charge is 0.314 e. The Balaban J connectivity index is 2.58. The molecule has 10 heavy (non-hydrogen) atoms. The highest BCUT2D eigenvalue weighted by atomic mass is 32.1. The van der Waals surface area contributed by atoms with Gasteiger partial charge in [0.25, 0.3) is 0 Å². The second-order valence-electron chi connectivity index (χ2n) is 2.33. The van der Waals surface area contributed by atoms with Gasteiger partial charge in [-0.15, -0.1) is 11.3 Å². The maximum Gasteiger partial charge on any atom is 0.0579 e. The third-order valence-corrected chi connectivity index (χ3v) is 2.17. The standard InChI is InChI=1S/C7H11NOS/c1-6-3-4-7(10-6)5-8(2)9/h3-4,9H,5H2,1-2H3. The van der Waals surface area contributed by atoms with E-state index in [0.29, 0.717) is 6.54 Å². The van der Waals surface area contributed by atoms with Gasteiger partial charge in [0.05, 0.1) is 6.54 Å². The van der Waals surface area contributed by atoms with E-state index in [9.17, 15) is 0 Å². The lowest BCUT2D eigenvalue weighted by Gasteiger charge is -2.03. The third kappa shape index (κ3) is 2.10. The van der Waals surface area contributed by atoms with E-state index in [1.807, 2.05) is 6.07 Å². The lowest BCUT2D eigenvalue weighted by Crippen LogP contribution is -2.10. The fourth-order valence-corrected chi connectivity index (χ4v) is 1.73. The second-order valence-corrected chi connectivity index (χ2v) is 3.70. The summed E-state index contributed by atoms with van der Waals surface area (Å²) in [4.78, 5) is 2.49. The molecule has 2 nitrogen and oxygen atoms in total. The van der Waals surface area contributed by atoms with Crippen LogP contribution in [0.5, 0.6) is 0 Å². The molecule has 0 unspecified atom stereocenters. The summed E-state index contributed by atoms with van der Waals surface area (Å²) in [6.07, 6.45) is 0. The van der Waals surface area contributed by atoms with Crippen molar-refractivity contribution in [2.45, 2.75) is 13.5 Å². The quantitative estimate of drug-likeness (QED) is 0.662. The molecule has 0 amide bonds. The van der Waals surface area contributed by atoms with Gasteiger partial charge in [-0.1, -0.05) is 0 Å². The van der Waals surface area contributed by atoms with Crippen molar-refractivity contribution in [1.82, 2.24) is 5.06 Å². The first-order chi connectivity index (χ1) is 4.68. The van der Waals surface area contributed by atoms with Gasteiger partial charge in [-0.05, 0) is 19.1 Å². The summed E-state index contributed by atoms with van der Waals surface area (Å²) in [6, 6.07) is 4.09. The summed E-state index contributed by atoms with van der Waals surface area (Å²) in [6.45, 7) is 2.68. The molecule has 1 aromatic heterocycles. The first-order valence-corrected chi connectivity index (χ1v) is 3.95. The maximum absolute atomic E-state index is 8.86. The van der Waals surface area contributed by atoms with Crippen LogP contribution in [-0.4, -0.2) is 17.3 Å². The van der Waals surface area contributed by atoms with Gasteiger partial charge in [-0.25, -0.2) is 0 Å². The molecule has 0 fully saturated rings. The van der Waals surface area contributed by atoms with Crippen LogP contribution < -0.4 is 0 Å². The predicted molar refractivity (Wildman–Crippen MR) is 42.3 cm³/mol. The molecular weight excluding hydrogens is 146 g/mol. The van der Waals surface area contributed by atoms with Crippen LogP contribution in [0.2, 0.25) is 0 Å². The number of hydroxylamine groups is 2. The highest BCUT2D eigenvalue weighted by molar-refractivity contribution is 7.11. The minimum Gasteiger partial charge on any atom is -0.314 e. The predicted octanol–water partition coefficient (Wildman–Crippen LogP) is 1.88. The molecule has 1 N–H and O–H groups in total. The first kappa shape index (κ1) is 7.72. The van der Waals surface area contributed by atoms with E-state index < -0.39 is 0 Å². The highest BCUT2D eigenvalue weighted by Crippen LogP contribution is 2.15. The fourth-order valence-electron chi connectivity index (χ4n) is 0.796. The van der Waals surface area contributed by atoms with Crippen LogP contribution in [0.1, 0.15) is 9.75 Å². The first-order valence-electron chi connectivity index (χ1n) is 3.14. The van der Waals surface area contributed by atoms with Gasteiger partial charge in [0.2, 0.25) is 0 Å². The van der Waals surface area contributed by atoms with Crippen LogP contribution >= 0.6 is 11.3 Å². The molecule has 0 spiro atoms. The Labute approximate surface area is 64.7 Å². The molecule has 0 atom stereocenters. The zero-order chi connectivity index (χ0) is 7.56. The number of rotatable bonds is 2. The smallest absolute Gasteiger partial charge is 0.0579 e. The van der Waals surface area contributed by atoms with Gasteiger partial charge in [-0.3, -0.25) is 0 Å². The van der Waals surface area contributed by atoms with Crippen LogP contribution in [0.15, 0.2) is 12.1 Å². The maximum atomic E-state index is 8.86. The van der Waals surface area contributed by atoms with Crippen LogP contribution in [0.25, 0.3) is 0 Å². The summed E-state index contributed by atoms with van der Waals surface area (Å²) < 4.78 is 0. The Morgan fingerprint density at radius 1 is 1.60 bits per heavy atom. The Morgan fingerprint density at radius 3 is 2.70 bits per heavy atom. The number of hydrogen-bond donors (Lipinski definition) is 1. The van der Waals surface area contributed by atoms with Crippen molar-refractivity contribution in [3.05, 3.63) is 21.9 Å². The summed E-state index contributed by atoms with van der Waals surface area (Å²) >= 11 is 1.71. The summed E-state index contributed by atoms with van der Waals surface area (Å²) in [7, 11) is 1.65. The molecular formula is C7H11NOS. The molecule has 0 bridgehead atoms. The van der Waals surface area contributed by atoms with Gasteiger partial charge < -0.3 is 5.21 Å². The van der Waals surface area contributed by atoms with Crippen molar-refractivity contribution in [1.29, 1.82) is 0 Å². The monoisotopic (exact) mass is 157 g/mol. The van der Waals surface area contributed by atoms with Crippen LogP contribution in [0.4, 0.5) is 0 Å².